The third-order valence-electron chi connectivity index (χ3n) is 4.21. The SMILES string of the molecule is O=C(COc1ccc2c(c1)CCC(=O)N2)Nc1ccc2ccccc2n1. The summed E-state index contributed by atoms with van der Waals surface area (Å²) in [6, 6.07) is 16.8. The first-order valence-electron chi connectivity index (χ1n) is 8.38. The lowest BCUT2D eigenvalue weighted by molar-refractivity contribution is -0.118. The Labute approximate surface area is 150 Å². The average Bonchev–Trinajstić information content (AvgIpc) is 2.66. The number of aryl methyl sites for hydroxylation is 1. The van der Waals surface area contributed by atoms with Crippen molar-refractivity contribution >= 4 is 34.2 Å². The molecule has 0 atom stereocenters. The number of hydrogen-bond donors (Lipinski definition) is 2. The van der Waals surface area contributed by atoms with E-state index in [2.05, 4.69) is 15.6 Å². The first-order valence-corrected chi connectivity index (χ1v) is 8.38. The van der Waals surface area contributed by atoms with Crippen LogP contribution in [0.5, 0.6) is 5.75 Å². The fraction of sp³-hybridized carbons (Fsp3) is 0.150. The summed E-state index contributed by atoms with van der Waals surface area (Å²) < 4.78 is 5.57. The van der Waals surface area contributed by atoms with Crippen LogP contribution in [-0.2, 0) is 16.0 Å². The molecule has 0 aliphatic carbocycles. The number of rotatable bonds is 4. The molecule has 3 aromatic rings. The first kappa shape index (κ1) is 16.1. The van der Waals surface area contributed by atoms with Crippen LogP contribution in [0.3, 0.4) is 0 Å². The number of carbonyl (C=O) groups excluding carboxylic acids is 2. The average molecular weight is 347 g/mol. The topological polar surface area (TPSA) is 80.3 Å². The number of aromatic nitrogens is 1. The van der Waals surface area contributed by atoms with Gasteiger partial charge in [-0.05, 0) is 48.4 Å². The summed E-state index contributed by atoms with van der Waals surface area (Å²) in [6.07, 6.45) is 1.14. The van der Waals surface area contributed by atoms with Crippen molar-refractivity contribution in [2.75, 3.05) is 17.2 Å². The minimum Gasteiger partial charge on any atom is -0.484 e. The number of ether oxygens (including phenoxy) is 1. The molecule has 130 valence electrons. The van der Waals surface area contributed by atoms with E-state index in [0.29, 0.717) is 24.4 Å². The molecular formula is C20H17N3O3. The normalized spacial score (nSPS) is 13.0. The molecule has 2 N–H and O–H groups in total. The van der Waals surface area contributed by atoms with Gasteiger partial charge >= 0.3 is 0 Å². The van der Waals surface area contributed by atoms with Gasteiger partial charge in [-0.1, -0.05) is 18.2 Å². The molecule has 6 heteroatoms. The van der Waals surface area contributed by atoms with Crippen LogP contribution < -0.4 is 15.4 Å². The highest BCUT2D eigenvalue weighted by Crippen LogP contribution is 2.26. The second-order valence-corrected chi connectivity index (χ2v) is 6.09. The highest BCUT2D eigenvalue weighted by Gasteiger charge is 2.15. The third-order valence-corrected chi connectivity index (χ3v) is 4.21. The van der Waals surface area contributed by atoms with Crippen molar-refractivity contribution in [3.8, 4) is 5.75 Å². The molecule has 0 radical (unpaired) electrons. The number of para-hydroxylation sites is 1. The van der Waals surface area contributed by atoms with Crippen molar-refractivity contribution in [2.24, 2.45) is 0 Å². The van der Waals surface area contributed by atoms with E-state index in [9.17, 15) is 9.59 Å². The number of amides is 2. The van der Waals surface area contributed by atoms with Crippen LogP contribution in [0.15, 0.2) is 54.6 Å². The Morgan fingerprint density at radius 3 is 2.92 bits per heavy atom. The van der Waals surface area contributed by atoms with Gasteiger partial charge in [0.25, 0.3) is 5.91 Å². The zero-order valence-electron chi connectivity index (χ0n) is 14.0. The molecule has 26 heavy (non-hydrogen) atoms. The Hall–Kier alpha value is -3.41. The minimum absolute atomic E-state index is 0.0217. The van der Waals surface area contributed by atoms with Crippen LogP contribution in [0.4, 0.5) is 11.5 Å². The molecule has 2 heterocycles. The van der Waals surface area contributed by atoms with Crippen molar-refractivity contribution in [3.63, 3.8) is 0 Å². The van der Waals surface area contributed by atoms with E-state index in [4.69, 9.17) is 4.74 Å². The zero-order chi connectivity index (χ0) is 17.9. The number of carbonyl (C=O) groups is 2. The summed E-state index contributed by atoms with van der Waals surface area (Å²) >= 11 is 0. The molecule has 2 amide bonds. The van der Waals surface area contributed by atoms with Gasteiger partial charge in [0, 0.05) is 17.5 Å². The van der Waals surface area contributed by atoms with Gasteiger partial charge in [0.1, 0.15) is 11.6 Å². The fourth-order valence-electron chi connectivity index (χ4n) is 2.91. The van der Waals surface area contributed by atoms with Gasteiger partial charge < -0.3 is 15.4 Å². The van der Waals surface area contributed by atoms with Gasteiger partial charge in [0.05, 0.1) is 5.52 Å². The predicted octanol–water partition coefficient (Wildman–Crippen LogP) is 3.14. The summed E-state index contributed by atoms with van der Waals surface area (Å²) in [5.41, 5.74) is 2.64. The molecule has 6 nitrogen and oxygen atoms in total. The summed E-state index contributed by atoms with van der Waals surface area (Å²) in [5, 5.41) is 6.57. The van der Waals surface area contributed by atoms with Crippen LogP contribution in [0.25, 0.3) is 10.9 Å². The zero-order valence-corrected chi connectivity index (χ0v) is 14.0. The number of nitrogens with zero attached hydrogens (tertiary/aromatic N) is 1. The van der Waals surface area contributed by atoms with E-state index in [1.165, 1.54) is 0 Å². The molecular weight excluding hydrogens is 330 g/mol. The smallest absolute Gasteiger partial charge is 0.263 e. The molecule has 0 saturated carbocycles. The van der Waals surface area contributed by atoms with E-state index in [0.717, 1.165) is 22.2 Å². The number of anilines is 2. The molecule has 0 fully saturated rings. The maximum absolute atomic E-state index is 12.1. The summed E-state index contributed by atoms with van der Waals surface area (Å²) in [4.78, 5) is 27.9. The van der Waals surface area contributed by atoms with Gasteiger partial charge in [0.2, 0.25) is 5.91 Å². The van der Waals surface area contributed by atoms with Crippen LogP contribution in [0, 0.1) is 0 Å². The second kappa shape index (κ2) is 6.84. The molecule has 0 spiro atoms. The monoisotopic (exact) mass is 347 g/mol. The Morgan fingerprint density at radius 1 is 1.12 bits per heavy atom. The quantitative estimate of drug-likeness (QED) is 0.760. The first-order chi connectivity index (χ1) is 12.7. The predicted molar refractivity (Wildman–Crippen MR) is 99.3 cm³/mol. The lowest BCUT2D eigenvalue weighted by Gasteiger charge is -2.17. The van der Waals surface area contributed by atoms with Gasteiger partial charge in [-0.2, -0.15) is 0 Å². The fourth-order valence-corrected chi connectivity index (χ4v) is 2.91. The van der Waals surface area contributed by atoms with Crippen molar-refractivity contribution in [2.45, 2.75) is 12.8 Å². The Morgan fingerprint density at radius 2 is 2.00 bits per heavy atom. The highest BCUT2D eigenvalue weighted by atomic mass is 16.5. The molecule has 0 saturated heterocycles. The van der Waals surface area contributed by atoms with Gasteiger partial charge in [-0.15, -0.1) is 0 Å². The lowest BCUT2D eigenvalue weighted by atomic mass is 10.0. The Kier molecular flexibility index (Phi) is 4.23. The largest absolute Gasteiger partial charge is 0.484 e. The van der Waals surface area contributed by atoms with Gasteiger partial charge in [-0.25, -0.2) is 4.98 Å². The lowest BCUT2D eigenvalue weighted by Crippen LogP contribution is -2.21. The number of pyridine rings is 1. The van der Waals surface area contributed by atoms with Crippen molar-refractivity contribution < 1.29 is 14.3 Å². The molecule has 1 aliphatic heterocycles. The number of fused-ring (bicyclic) bond motifs is 2. The number of hydrogen-bond acceptors (Lipinski definition) is 4. The summed E-state index contributed by atoms with van der Waals surface area (Å²) in [6.45, 7) is -0.111. The molecule has 1 aromatic heterocycles. The van der Waals surface area contributed by atoms with Gasteiger partial charge in [0.15, 0.2) is 6.61 Å². The molecule has 0 bridgehead atoms. The Bertz CT molecular complexity index is 1000. The molecule has 4 rings (SSSR count). The molecule has 0 unspecified atom stereocenters. The van der Waals surface area contributed by atoms with E-state index in [-0.39, 0.29) is 18.4 Å². The van der Waals surface area contributed by atoms with Crippen LogP contribution in [0.2, 0.25) is 0 Å². The van der Waals surface area contributed by atoms with Crippen LogP contribution in [-0.4, -0.2) is 23.4 Å². The standard InChI is InChI=1S/C20H17N3O3/c24-19-10-6-14-11-15(7-8-17(14)22-19)26-12-20(25)23-18-9-5-13-3-1-2-4-16(13)21-18/h1-5,7-9,11H,6,10,12H2,(H,22,24)(H,21,23,25). The second-order valence-electron chi connectivity index (χ2n) is 6.09. The van der Waals surface area contributed by atoms with Crippen molar-refractivity contribution in [3.05, 3.63) is 60.2 Å². The van der Waals surface area contributed by atoms with E-state index in [1.807, 2.05) is 36.4 Å². The number of nitrogens with one attached hydrogen (secondary N) is 2. The third kappa shape index (κ3) is 3.49. The summed E-state index contributed by atoms with van der Waals surface area (Å²) in [5.74, 6) is 0.833. The van der Waals surface area contributed by atoms with Crippen LogP contribution >= 0.6 is 0 Å². The van der Waals surface area contributed by atoms with Crippen molar-refractivity contribution in [1.29, 1.82) is 0 Å². The number of benzene rings is 2. The minimum atomic E-state index is -0.279. The highest BCUT2D eigenvalue weighted by molar-refractivity contribution is 5.94. The molecule has 2 aromatic carbocycles. The van der Waals surface area contributed by atoms with Crippen LogP contribution in [0.1, 0.15) is 12.0 Å². The maximum atomic E-state index is 12.1. The van der Waals surface area contributed by atoms with E-state index >= 15 is 0 Å². The Balaban J connectivity index is 1.38. The maximum Gasteiger partial charge on any atom is 0.263 e. The molecule has 1 aliphatic rings. The van der Waals surface area contributed by atoms with E-state index < -0.39 is 0 Å². The van der Waals surface area contributed by atoms with Crippen molar-refractivity contribution in [1.82, 2.24) is 4.98 Å². The van der Waals surface area contributed by atoms with Gasteiger partial charge in [-0.3, -0.25) is 9.59 Å². The summed E-state index contributed by atoms with van der Waals surface area (Å²) in [7, 11) is 0. The van der Waals surface area contributed by atoms with E-state index in [1.54, 1.807) is 18.2 Å².